The molecule has 202 valence electrons. The van der Waals surface area contributed by atoms with Gasteiger partial charge in [-0.25, -0.2) is 19.5 Å². The quantitative estimate of drug-likeness (QED) is 0.243. The van der Waals surface area contributed by atoms with Crippen molar-refractivity contribution in [2.24, 2.45) is 0 Å². The van der Waals surface area contributed by atoms with Crippen molar-refractivity contribution in [2.45, 2.75) is 103 Å². The van der Waals surface area contributed by atoms with Crippen LogP contribution in [0.5, 0.6) is 0 Å². The number of nitrogens with one attached hydrogen (secondary N) is 1. The first-order valence-corrected chi connectivity index (χ1v) is 14.9. The van der Waals surface area contributed by atoms with E-state index in [1.165, 1.54) is 44.9 Å². The van der Waals surface area contributed by atoms with Crippen molar-refractivity contribution in [3.05, 3.63) is 12.7 Å². The molecule has 2 aromatic heterocycles. The Labute approximate surface area is 212 Å². The molecule has 2 fully saturated rings. The van der Waals surface area contributed by atoms with Crippen LogP contribution >= 0.6 is 7.82 Å². The SMILES string of the molecule is CCCCCCCNc1ncnc2c1ncn2[C@@H]1O[C@@H]2COP(=O)(O)O[C@H]2[C@H]1OCCCCCCC. The lowest BCUT2D eigenvalue weighted by atomic mass is 10.1. The molecule has 5 atom stereocenters. The van der Waals surface area contributed by atoms with Crippen molar-refractivity contribution in [1.29, 1.82) is 0 Å². The number of imidazole rings is 1. The largest absolute Gasteiger partial charge is 0.472 e. The van der Waals surface area contributed by atoms with Crippen LogP contribution in [0, 0.1) is 0 Å². The van der Waals surface area contributed by atoms with Gasteiger partial charge in [0.1, 0.15) is 24.6 Å². The number of fused-ring (bicyclic) bond motifs is 2. The zero-order valence-corrected chi connectivity index (χ0v) is 22.3. The molecule has 0 saturated carbocycles. The van der Waals surface area contributed by atoms with E-state index in [1.807, 2.05) is 0 Å². The number of unbranched alkanes of at least 4 members (excludes halogenated alkanes) is 8. The second kappa shape index (κ2) is 13.3. The number of anilines is 1. The fourth-order valence-electron chi connectivity index (χ4n) is 4.75. The number of hydrogen-bond acceptors (Lipinski definition) is 9. The Morgan fingerprint density at radius 1 is 1.08 bits per heavy atom. The molecule has 1 unspecified atom stereocenters. The van der Waals surface area contributed by atoms with Crippen LogP contribution in [0.1, 0.15) is 84.3 Å². The Hall–Kier alpha value is -1.62. The predicted octanol–water partition coefficient (Wildman–Crippen LogP) is 4.98. The summed E-state index contributed by atoms with van der Waals surface area (Å²) in [5.41, 5.74) is 1.25. The minimum Gasteiger partial charge on any atom is -0.371 e. The molecule has 2 N–H and O–H groups in total. The predicted molar refractivity (Wildman–Crippen MR) is 136 cm³/mol. The Morgan fingerprint density at radius 3 is 2.61 bits per heavy atom. The summed E-state index contributed by atoms with van der Waals surface area (Å²) in [5, 5.41) is 3.39. The lowest BCUT2D eigenvalue weighted by Gasteiger charge is -2.29. The molecule has 4 heterocycles. The van der Waals surface area contributed by atoms with Gasteiger partial charge in [-0.05, 0) is 12.8 Å². The van der Waals surface area contributed by atoms with Gasteiger partial charge in [-0.1, -0.05) is 65.2 Å². The second-order valence-corrected chi connectivity index (χ2v) is 10.9. The third kappa shape index (κ3) is 6.82. The molecular formula is C24H40N5O6P. The van der Waals surface area contributed by atoms with Crippen molar-refractivity contribution in [2.75, 3.05) is 25.1 Å². The van der Waals surface area contributed by atoms with Gasteiger partial charge in [0.15, 0.2) is 23.2 Å². The topological polar surface area (TPSA) is 130 Å². The molecular weight excluding hydrogens is 485 g/mol. The summed E-state index contributed by atoms with van der Waals surface area (Å²) in [5.74, 6) is 0.678. The van der Waals surface area contributed by atoms with Crippen molar-refractivity contribution in [1.82, 2.24) is 19.5 Å². The van der Waals surface area contributed by atoms with Gasteiger partial charge >= 0.3 is 7.82 Å². The summed E-state index contributed by atoms with van der Waals surface area (Å²) in [6.07, 6.45) is 12.1. The van der Waals surface area contributed by atoms with Gasteiger partial charge in [-0.2, -0.15) is 0 Å². The van der Waals surface area contributed by atoms with E-state index in [0.717, 1.165) is 32.2 Å². The number of phosphoric ester groups is 1. The van der Waals surface area contributed by atoms with Gasteiger partial charge in [0, 0.05) is 13.2 Å². The third-order valence-electron chi connectivity index (χ3n) is 6.71. The van der Waals surface area contributed by atoms with E-state index in [9.17, 15) is 9.46 Å². The summed E-state index contributed by atoms with van der Waals surface area (Å²) in [7, 11) is -4.15. The molecule has 11 nitrogen and oxygen atoms in total. The highest BCUT2D eigenvalue weighted by molar-refractivity contribution is 7.47. The van der Waals surface area contributed by atoms with Gasteiger partial charge in [0.05, 0.1) is 12.9 Å². The molecule has 0 radical (unpaired) electrons. The van der Waals surface area contributed by atoms with Crippen LogP contribution in [0.2, 0.25) is 0 Å². The third-order valence-corrected chi connectivity index (χ3v) is 7.69. The van der Waals surface area contributed by atoms with Crippen LogP contribution in [0.4, 0.5) is 5.82 Å². The van der Waals surface area contributed by atoms with Gasteiger partial charge in [-0.3, -0.25) is 13.6 Å². The maximum Gasteiger partial charge on any atom is 0.472 e. The highest BCUT2D eigenvalue weighted by Gasteiger charge is 2.54. The Kier molecular flexibility index (Phi) is 10.1. The standard InChI is InChI=1S/C24H40N5O6P/c1-3-5-7-9-11-13-25-22-19-23(27-16-26-22)29(17-28-19)24-21(32-14-12-10-8-6-4-2)20-18(34-24)15-33-36(30,31)35-20/h16-18,20-21,24H,3-15H2,1-2H3,(H,30,31)(H,25,26,27)/t18-,20-,21-,24-/m1/s1. The van der Waals surface area contributed by atoms with Crippen LogP contribution in [0.15, 0.2) is 12.7 Å². The summed E-state index contributed by atoms with van der Waals surface area (Å²) in [6.45, 7) is 5.66. The zero-order valence-electron chi connectivity index (χ0n) is 21.4. The molecule has 2 aliphatic rings. The molecule has 12 heteroatoms. The number of aromatic nitrogens is 4. The molecule has 0 aromatic carbocycles. The summed E-state index contributed by atoms with van der Waals surface area (Å²) < 4.78 is 36.8. The van der Waals surface area contributed by atoms with E-state index in [0.29, 0.717) is 23.6 Å². The van der Waals surface area contributed by atoms with Gasteiger partial charge in [0.2, 0.25) is 0 Å². The van der Waals surface area contributed by atoms with Gasteiger partial charge in [-0.15, -0.1) is 0 Å². The highest BCUT2D eigenvalue weighted by Crippen LogP contribution is 2.53. The highest BCUT2D eigenvalue weighted by atomic mass is 31.2. The minimum absolute atomic E-state index is 0.0439. The summed E-state index contributed by atoms with van der Waals surface area (Å²) in [6, 6.07) is 0. The van der Waals surface area contributed by atoms with E-state index in [-0.39, 0.29) is 6.61 Å². The van der Waals surface area contributed by atoms with Crippen LogP contribution in [-0.2, 0) is 23.1 Å². The Bertz CT molecular complexity index is 1010. The number of hydrogen-bond donors (Lipinski definition) is 2. The lowest BCUT2D eigenvalue weighted by Crippen LogP contribution is -2.40. The Morgan fingerprint density at radius 2 is 1.83 bits per heavy atom. The molecule has 36 heavy (non-hydrogen) atoms. The molecule has 0 aliphatic carbocycles. The number of rotatable bonds is 15. The molecule has 0 bridgehead atoms. The molecule has 0 spiro atoms. The molecule has 2 aliphatic heterocycles. The zero-order chi connectivity index (χ0) is 25.4. The smallest absolute Gasteiger partial charge is 0.371 e. The minimum atomic E-state index is -4.15. The maximum absolute atomic E-state index is 12.2. The first-order chi connectivity index (χ1) is 17.5. The van der Waals surface area contributed by atoms with Crippen molar-refractivity contribution in [3.8, 4) is 0 Å². The van der Waals surface area contributed by atoms with E-state index in [2.05, 4.69) is 34.1 Å². The van der Waals surface area contributed by atoms with E-state index >= 15 is 0 Å². The Balaban J connectivity index is 1.47. The average Bonchev–Trinajstić information content (AvgIpc) is 3.44. The van der Waals surface area contributed by atoms with Crippen molar-refractivity contribution in [3.63, 3.8) is 0 Å². The van der Waals surface area contributed by atoms with Crippen molar-refractivity contribution < 1.29 is 28.0 Å². The molecule has 2 aromatic rings. The monoisotopic (exact) mass is 525 g/mol. The summed E-state index contributed by atoms with van der Waals surface area (Å²) in [4.78, 5) is 23.4. The molecule has 4 rings (SSSR count). The summed E-state index contributed by atoms with van der Waals surface area (Å²) >= 11 is 0. The lowest BCUT2D eigenvalue weighted by molar-refractivity contribution is -0.0685. The van der Waals surface area contributed by atoms with E-state index in [1.54, 1.807) is 10.9 Å². The van der Waals surface area contributed by atoms with E-state index < -0.39 is 32.4 Å². The van der Waals surface area contributed by atoms with Crippen LogP contribution in [-0.4, -0.2) is 62.5 Å². The average molecular weight is 526 g/mol. The number of nitrogens with zero attached hydrogens (tertiary/aromatic N) is 4. The van der Waals surface area contributed by atoms with Gasteiger partial charge in [0.25, 0.3) is 0 Å². The molecule has 2 saturated heterocycles. The fourth-order valence-corrected chi connectivity index (χ4v) is 5.71. The first-order valence-electron chi connectivity index (χ1n) is 13.4. The molecule has 0 amide bonds. The van der Waals surface area contributed by atoms with Gasteiger partial charge < -0.3 is 19.7 Å². The van der Waals surface area contributed by atoms with Crippen LogP contribution in [0.3, 0.4) is 0 Å². The van der Waals surface area contributed by atoms with Crippen LogP contribution in [0.25, 0.3) is 11.2 Å². The number of ether oxygens (including phenoxy) is 2. The maximum atomic E-state index is 12.2. The second-order valence-electron chi connectivity index (χ2n) is 9.54. The van der Waals surface area contributed by atoms with E-state index in [4.69, 9.17) is 18.5 Å². The fraction of sp³-hybridized carbons (Fsp3) is 0.792. The normalized spacial score (nSPS) is 28.0. The first kappa shape index (κ1) is 27.4. The number of phosphoric acid groups is 1. The van der Waals surface area contributed by atoms with Crippen molar-refractivity contribution >= 4 is 24.8 Å². The van der Waals surface area contributed by atoms with Crippen LogP contribution < -0.4 is 5.32 Å².